The summed E-state index contributed by atoms with van der Waals surface area (Å²) in [4.78, 5) is 2.60. The van der Waals surface area contributed by atoms with Crippen LogP contribution in [0.3, 0.4) is 0 Å². The lowest BCUT2D eigenvalue weighted by molar-refractivity contribution is 0.115. The van der Waals surface area contributed by atoms with Crippen LogP contribution in [0.2, 0.25) is 0 Å². The van der Waals surface area contributed by atoms with Gasteiger partial charge < -0.3 is 10.6 Å². The number of nitrogens with zero attached hydrogens (tertiary/aromatic N) is 1. The van der Waals surface area contributed by atoms with Crippen molar-refractivity contribution in [3.8, 4) is 0 Å². The predicted molar refractivity (Wildman–Crippen MR) is 108 cm³/mol. The third kappa shape index (κ3) is 4.05. The molecule has 0 aromatic heterocycles. The molecular weight excluding hydrogens is 345 g/mol. The van der Waals surface area contributed by atoms with Gasteiger partial charge in [-0.25, -0.2) is 4.39 Å². The van der Waals surface area contributed by atoms with E-state index in [9.17, 15) is 4.39 Å². The van der Waals surface area contributed by atoms with Crippen LogP contribution in [0.4, 0.5) is 10.1 Å². The fraction of sp³-hybridized carbons (Fsp3) is 0.381. The van der Waals surface area contributed by atoms with Gasteiger partial charge in [0.2, 0.25) is 0 Å². The Balaban J connectivity index is 1.33. The Hall–Kier alpha value is -1.98. The topological polar surface area (TPSA) is 27.3 Å². The highest BCUT2D eigenvalue weighted by atomic mass is 32.1. The number of piperidine rings is 1. The highest BCUT2D eigenvalue weighted by Crippen LogP contribution is 2.36. The molecule has 26 heavy (non-hydrogen) atoms. The van der Waals surface area contributed by atoms with Crippen LogP contribution in [-0.2, 0) is 6.54 Å². The zero-order valence-electron chi connectivity index (χ0n) is 14.7. The van der Waals surface area contributed by atoms with Gasteiger partial charge in [-0.2, -0.15) is 0 Å². The van der Waals surface area contributed by atoms with Crippen molar-refractivity contribution in [3.63, 3.8) is 0 Å². The highest BCUT2D eigenvalue weighted by Gasteiger charge is 2.40. The molecule has 2 aromatic rings. The smallest absolute Gasteiger partial charge is 0.170 e. The van der Waals surface area contributed by atoms with Gasteiger partial charge in [-0.1, -0.05) is 30.3 Å². The number of thiocarbonyl (C=S) groups is 1. The molecule has 2 aliphatic rings. The maximum absolute atomic E-state index is 13.1. The van der Waals surface area contributed by atoms with E-state index in [2.05, 4.69) is 15.5 Å². The lowest BCUT2D eigenvalue weighted by Crippen LogP contribution is -2.50. The number of hydrogen-bond donors (Lipinski definition) is 2. The van der Waals surface area contributed by atoms with Gasteiger partial charge in [-0.15, -0.1) is 0 Å². The van der Waals surface area contributed by atoms with E-state index < -0.39 is 0 Å². The number of rotatable bonds is 4. The van der Waals surface area contributed by atoms with E-state index in [1.165, 1.54) is 18.4 Å². The minimum Gasteiger partial charge on any atom is -0.360 e. The monoisotopic (exact) mass is 369 g/mol. The molecule has 0 radical (unpaired) electrons. The minimum atomic E-state index is -0.168. The van der Waals surface area contributed by atoms with Gasteiger partial charge in [-0.3, -0.25) is 4.90 Å². The molecule has 2 heterocycles. The Kier molecular flexibility index (Phi) is 5.18. The van der Waals surface area contributed by atoms with Gasteiger partial charge in [0.1, 0.15) is 5.82 Å². The van der Waals surface area contributed by atoms with Crippen molar-refractivity contribution in [3.05, 3.63) is 66.0 Å². The van der Waals surface area contributed by atoms with E-state index in [0.717, 1.165) is 25.1 Å². The number of halogens is 1. The summed E-state index contributed by atoms with van der Waals surface area (Å²) in [5.41, 5.74) is 2.21. The van der Waals surface area contributed by atoms with Gasteiger partial charge >= 0.3 is 0 Å². The number of fused-ring (bicyclic) bond motifs is 2. The molecule has 2 fully saturated rings. The molecule has 0 aliphatic carbocycles. The number of anilines is 1. The third-order valence-corrected chi connectivity index (χ3v) is 5.75. The standard InChI is InChI=1S/C21H24FN3S/c22-16-8-6-15(7-9-16)14-25-19-10-11-20(25)13-18(12-19)24-21(26)23-17-4-2-1-3-5-17/h1-9,18-20H,10-14H2,(H2,23,24,26)/t18?,19-,20+. The first-order chi connectivity index (χ1) is 12.7. The molecule has 3 atom stereocenters. The van der Waals surface area contributed by atoms with Crippen molar-refractivity contribution < 1.29 is 4.39 Å². The number of hydrogen-bond acceptors (Lipinski definition) is 2. The van der Waals surface area contributed by atoms with Crippen LogP contribution in [0.1, 0.15) is 31.2 Å². The first kappa shape index (κ1) is 17.4. The first-order valence-corrected chi connectivity index (χ1v) is 9.71. The number of para-hydroxylation sites is 1. The van der Waals surface area contributed by atoms with E-state index in [0.29, 0.717) is 23.2 Å². The molecule has 0 amide bonds. The largest absolute Gasteiger partial charge is 0.360 e. The summed E-state index contributed by atoms with van der Waals surface area (Å²) in [5, 5.41) is 7.47. The van der Waals surface area contributed by atoms with Crippen LogP contribution in [0, 0.1) is 5.82 Å². The van der Waals surface area contributed by atoms with Crippen molar-refractivity contribution >= 4 is 23.0 Å². The van der Waals surface area contributed by atoms with Gasteiger partial charge in [-0.05, 0) is 67.7 Å². The third-order valence-electron chi connectivity index (χ3n) is 5.53. The van der Waals surface area contributed by atoms with Gasteiger partial charge in [0, 0.05) is 30.4 Å². The quantitative estimate of drug-likeness (QED) is 0.786. The highest BCUT2D eigenvalue weighted by molar-refractivity contribution is 7.80. The average Bonchev–Trinajstić information content (AvgIpc) is 2.86. The molecule has 5 heteroatoms. The Bertz CT molecular complexity index is 736. The molecule has 3 nitrogen and oxygen atoms in total. The van der Waals surface area contributed by atoms with Gasteiger partial charge in [0.15, 0.2) is 5.11 Å². The van der Waals surface area contributed by atoms with Crippen molar-refractivity contribution in [2.75, 3.05) is 5.32 Å². The lowest BCUT2D eigenvalue weighted by Gasteiger charge is -2.39. The molecule has 4 rings (SSSR count). The molecule has 2 aliphatic heterocycles. The van der Waals surface area contributed by atoms with E-state index in [4.69, 9.17) is 12.2 Å². The average molecular weight is 370 g/mol. The molecule has 2 aromatic carbocycles. The van der Waals surface area contributed by atoms with Crippen LogP contribution < -0.4 is 10.6 Å². The molecule has 2 saturated heterocycles. The SMILES string of the molecule is Fc1ccc(CN2[C@@H]3CC[C@H]2CC(NC(=S)Nc2ccccc2)C3)cc1. The van der Waals surface area contributed by atoms with Crippen LogP contribution in [-0.4, -0.2) is 28.1 Å². The summed E-state index contributed by atoms with van der Waals surface area (Å²) in [7, 11) is 0. The Morgan fingerprint density at radius 3 is 2.31 bits per heavy atom. The fourth-order valence-corrected chi connectivity index (χ4v) is 4.61. The fourth-order valence-electron chi connectivity index (χ4n) is 4.32. The van der Waals surface area contributed by atoms with Crippen molar-refractivity contribution in [2.45, 2.75) is 50.4 Å². The van der Waals surface area contributed by atoms with E-state index in [1.54, 1.807) is 12.1 Å². The van der Waals surface area contributed by atoms with Crippen molar-refractivity contribution in [1.29, 1.82) is 0 Å². The van der Waals surface area contributed by atoms with Crippen molar-refractivity contribution in [1.82, 2.24) is 10.2 Å². The van der Waals surface area contributed by atoms with E-state index >= 15 is 0 Å². The van der Waals surface area contributed by atoms with E-state index in [-0.39, 0.29) is 5.82 Å². The molecule has 2 bridgehead atoms. The molecular formula is C21H24FN3S. The summed E-state index contributed by atoms with van der Waals surface area (Å²) < 4.78 is 13.1. The second-order valence-corrected chi connectivity index (χ2v) is 7.72. The predicted octanol–water partition coefficient (Wildman–Crippen LogP) is 4.31. The summed E-state index contributed by atoms with van der Waals surface area (Å²) in [6.07, 6.45) is 4.69. The second-order valence-electron chi connectivity index (χ2n) is 7.32. The van der Waals surface area contributed by atoms with Crippen LogP contribution in [0.5, 0.6) is 0 Å². The molecule has 0 saturated carbocycles. The maximum Gasteiger partial charge on any atom is 0.170 e. The summed E-state index contributed by atoms with van der Waals surface area (Å²) in [5.74, 6) is -0.168. The minimum absolute atomic E-state index is 0.168. The Labute approximate surface area is 159 Å². The summed E-state index contributed by atoms with van der Waals surface area (Å²) >= 11 is 5.49. The lowest BCUT2D eigenvalue weighted by atomic mass is 9.96. The molecule has 1 unspecified atom stereocenters. The second kappa shape index (κ2) is 7.72. The zero-order valence-corrected chi connectivity index (χ0v) is 15.5. The van der Waals surface area contributed by atoms with E-state index in [1.807, 2.05) is 42.5 Å². The van der Waals surface area contributed by atoms with Crippen LogP contribution >= 0.6 is 12.2 Å². The zero-order chi connectivity index (χ0) is 17.9. The molecule has 2 N–H and O–H groups in total. The summed E-state index contributed by atoms with van der Waals surface area (Å²) in [6, 6.07) is 18.5. The Morgan fingerprint density at radius 2 is 1.65 bits per heavy atom. The molecule has 0 spiro atoms. The summed E-state index contributed by atoms with van der Waals surface area (Å²) in [6.45, 7) is 0.912. The number of benzene rings is 2. The maximum atomic E-state index is 13.1. The first-order valence-electron chi connectivity index (χ1n) is 9.30. The van der Waals surface area contributed by atoms with Gasteiger partial charge in [0.05, 0.1) is 0 Å². The van der Waals surface area contributed by atoms with Gasteiger partial charge in [0.25, 0.3) is 0 Å². The van der Waals surface area contributed by atoms with Crippen LogP contribution in [0.25, 0.3) is 0 Å². The molecule has 136 valence electrons. The van der Waals surface area contributed by atoms with Crippen molar-refractivity contribution in [2.24, 2.45) is 0 Å². The Morgan fingerprint density at radius 1 is 1.00 bits per heavy atom. The normalized spacial score (nSPS) is 25.0. The van der Waals surface area contributed by atoms with Crippen LogP contribution in [0.15, 0.2) is 54.6 Å². The number of nitrogens with one attached hydrogen (secondary N) is 2.